The van der Waals surface area contributed by atoms with Gasteiger partial charge in [0.1, 0.15) is 0 Å². The third-order valence-corrected chi connectivity index (χ3v) is 6.49. The Kier molecular flexibility index (Phi) is 7.26. The molecule has 1 unspecified atom stereocenters. The van der Waals surface area contributed by atoms with Gasteiger partial charge in [-0.15, -0.1) is 11.8 Å². The second-order valence-corrected chi connectivity index (χ2v) is 8.45. The third-order valence-electron chi connectivity index (χ3n) is 4.90. The Hall–Kier alpha value is -1.97. The van der Waals surface area contributed by atoms with Crippen LogP contribution in [0.3, 0.4) is 0 Å². The van der Waals surface area contributed by atoms with Crippen LogP contribution in [0.15, 0.2) is 24.3 Å². The highest BCUT2D eigenvalue weighted by atomic mass is 35.5. The largest absolute Gasteiger partial charge is 0.479 e. The maximum Gasteiger partial charge on any atom is 0.336 e. The van der Waals surface area contributed by atoms with Crippen LogP contribution in [0.4, 0.5) is 5.69 Å². The number of carboxylic acids is 1. The van der Waals surface area contributed by atoms with E-state index in [2.05, 4.69) is 10.2 Å². The summed E-state index contributed by atoms with van der Waals surface area (Å²) < 4.78 is 4.85. The first-order valence-corrected chi connectivity index (χ1v) is 10.9. The van der Waals surface area contributed by atoms with Crippen molar-refractivity contribution in [2.75, 3.05) is 36.8 Å². The fourth-order valence-corrected chi connectivity index (χ4v) is 4.39. The molecule has 0 aliphatic carbocycles. The standard InChI is InChI=1S/C19H24ClN3O5S/c1-2-14(21-18(25)16-17(28-16)19(26)27)29-11-15(24)23-9-7-22(8-10-23)13-6-4-3-5-12(13)20/h3-6,14,16-17H,2,7-11H2,1H3,(H,21,25)(H,26,27)/t14?,16-,17-/m0/s1. The number of ether oxygens (including phenoxy) is 1. The Morgan fingerprint density at radius 1 is 1.24 bits per heavy atom. The van der Waals surface area contributed by atoms with E-state index < -0.39 is 24.1 Å². The van der Waals surface area contributed by atoms with Gasteiger partial charge in [-0.1, -0.05) is 30.7 Å². The number of hydrogen-bond acceptors (Lipinski definition) is 6. The van der Waals surface area contributed by atoms with Crippen LogP contribution in [0, 0.1) is 0 Å². The highest BCUT2D eigenvalue weighted by molar-refractivity contribution is 8.00. The molecule has 8 nitrogen and oxygen atoms in total. The average molecular weight is 442 g/mol. The summed E-state index contributed by atoms with van der Waals surface area (Å²) >= 11 is 7.60. The van der Waals surface area contributed by atoms with E-state index >= 15 is 0 Å². The van der Waals surface area contributed by atoms with E-state index in [-0.39, 0.29) is 17.0 Å². The molecule has 3 atom stereocenters. The van der Waals surface area contributed by atoms with Gasteiger partial charge in [-0.2, -0.15) is 0 Å². The minimum atomic E-state index is -1.14. The number of anilines is 1. The van der Waals surface area contributed by atoms with Crippen LogP contribution >= 0.6 is 23.4 Å². The highest BCUT2D eigenvalue weighted by Crippen LogP contribution is 2.26. The topological polar surface area (TPSA) is 102 Å². The van der Waals surface area contributed by atoms with Crippen LogP contribution < -0.4 is 10.2 Å². The van der Waals surface area contributed by atoms with Crippen molar-refractivity contribution >= 4 is 46.8 Å². The van der Waals surface area contributed by atoms with E-state index in [1.54, 1.807) is 0 Å². The predicted molar refractivity (Wildman–Crippen MR) is 111 cm³/mol. The molecule has 3 rings (SSSR count). The number of carboxylic acid groups (broad SMARTS) is 1. The molecule has 0 bridgehead atoms. The smallest absolute Gasteiger partial charge is 0.336 e. The molecule has 2 N–H and O–H groups in total. The van der Waals surface area contributed by atoms with Crippen molar-refractivity contribution < 1.29 is 24.2 Å². The highest BCUT2D eigenvalue weighted by Gasteiger charge is 2.51. The Bertz CT molecular complexity index is 772. The molecule has 0 saturated carbocycles. The van der Waals surface area contributed by atoms with Gasteiger partial charge >= 0.3 is 5.97 Å². The lowest BCUT2D eigenvalue weighted by Gasteiger charge is -2.36. The van der Waals surface area contributed by atoms with Crippen LogP contribution in [0.25, 0.3) is 0 Å². The minimum Gasteiger partial charge on any atom is -0.479 e. The van der Waals surface area contributed by atoms with Crippen molar-refractivity contribution in [3.63, 3.8) is 0 Å². The zero-order valence-corrected chi connectivity index (χ0v) is 17.6. The summed E-state index contributed by atoms with van der Waals surface area (Å²) in [5.74, 6) is -1.32. The first-order valence-electron chi connectivity index (χ1n) is 9.48. The van der Waals surface area contributed by atoms with Gasteiger partial charge in [0.25, 0.3) is 5.91 Å². The normalized spacial score (nSPS) is 22.1. The molecule has 2 aliphatic heterocycles. The average Bonchev–Trinajstić information content (AvgIpc) is 3.52. The lowest BCUT2D eigenvalue weighted by molar-refractivity contribution is -0.138. The molecule has 0 aromatic heterocycles. The molecule has 2 heterocycles. The molecular weight excluding hydrogens is 418 g/mol. The number of thioether (sulfide) groups is 1. The number of hydrogen-bond donors (Lipinski definition) is 2. The molecule has 2 amide bonds. The van der Waals surface area contributed by atoms with E-state index in [0.29, 0.717) is 37.6 Å². The number of piperazine rings is 1. The number of amides is 2. The number of carbonyl (C=O) groups excluding carboxylic acids is 2. The number of epoxide rings is 1. The van der Waals surface area contributed by atoms with Crippen molar-refractivity contribution in [2.24, 2.45) is 0 Å². The number of nitrogens with zero attached hydrogens (tertiary/aromatic N) is 2. The fraction of sp³-hybridized carbons (Fsp3) is 0.526. The van der Waals surface area contributed by atoms with Gasteiger partial charge in [-0.3, -0.25) is 9.59 Å². The Balaban J connectivity index is 1.41. The van der Waals surface area contributed by atoms with E-state index in [1.807, 2.05) is 36.1 Å². The number of rotatable bonds is 8. The fourth-order valence-electron chi connectivity index (χ4n) is 3.17. The molecule has 2 aliphatic rings. The van der Waals surface area contributed by atoms with Crippen LogP contribution in [0.1, 0.15) is 13.3 Å². The second-order valence-electron chi connectivity index (χ2n) is 6.85. The van der Waals surface area contributed by atoms with E-state index in [9.17, 15) is 14.4 Å². The van der Waals surface area contributed by atoms with Gasteiger partial charge in [-0.25, -0.2) is 4.79 Å². The maximum absolute atomic E-state index is 12.5. The summed E-state index contributed by atoms with van der Waals surface area (Å²) in [7, 11) is 0. The Morgan fingerprint density at radius 3 is 2.52 bits per heavy atom. The number of halogens is 1. The molecule has 1 aromatic rings. The van der Waals surface area contributed by atoms with Gasteiger partial charge in [0.2, 0.25) is 5.91 Å². The van der Waals surface area contributed by atoms with E-state index in [4.69, 9.17) is 21.4 Å². The molecule has 10 heteroatoms. The van der Waals surface area contributed by atoms with Gasteiger partial charge in [-0.05, 0) is 18.6 Å². The monoisotopic (exact) mass is 441 g/mol. The van der Waals surface area contributed by atoms with Gasteiger partial charge in [0.05, 0.1) is 21.8 Å². The third kappa shape index (κ3) is 5.55. The number of para-hydroxylation sites is 1. The minimum absolute atomic E-state index is 0.0209. The number of nitrogens with one attached hydrogen (secondary N) is 1. The lowest BCUT2D eigenvalue weighted by atomic mass is 10.2. The molecule has 0 spiro atoms. The van der Waals surface area contributed by atoms with Gasteiger partial charge in [0.15, 0.2) is 12.2 Å². The molecule has 1 aromatic carbocycles. The van der Waals surface area contributed by atoms with Crippen molar-refractivity contribution in [1.29, 1.82) is 0 Å². The van der Waals surface area contributed by atoms with Crippen molar-refractivity contribution in [3.05, 3.63) is 29.3 Å². The summed E-state index contributed by atoms with van der Waals surface area (Å²) in [6, 6.07) is 7.67. The number of benzene rings is 1. The van der Waals surface area contributed by atoms with Crippen LogP contribution in [0.2, 0.25) is 5.02 Å². The molecule has 29 heavy (non-hydrogen) atoms. The van der Waals surface area contributed by atoms with Crippen molar-refractivity contribution in [3.8, 4) is 0 Å². The maximum atomic E-state index is 12.5. The quantitative estimate of drug-likeness (QED) is 0.464. The predicted octanol–water partition coefficient (Wildman–Crippen LogP) is 1.43. The Labute approximate surface area is 178 Å². The zero-order valence-electron chi connectivity index (χ0n) is 16.0. The Morgan fingerprint density at radius 2 is 1.93 bits per heavy atom. The summed E-state index contributed by atoms with van der Waals surface area (Å²) in [4.78, 5) is 39.3. The first-order chi connectivity index (χ1) is 13.9. The summed E-state index contributed by atoms with van der Waals surface area (Å²) in [5, 5.41) is 12.0. The SMILES string of the molecule is CCC(NC(=O)[C@H]1O[C@@H]1C(=O)O)SCC(=O)N1CCN(c2ccccc2Cl)CC1. The van der Waals surface area contributed by atoms with Gasteiger partial charge in [0, 0.05) is 26.2 Å². The molecule has 158 valence electrons. The molecule has 2 fully saturated rings. The summed E-state index contributed by atoms with van der Waals surface area (Å²) in [6.45, 7) is 4.55. The van der Waals surface area contributed by atoms with Crippen LogP contribution in [-0.2, 0) is 19.1 Å². The lowest BCUT2D eigenvalue weighted by Crippen LogP contribution is -2.49. The first kappa shape index (κ1) is 21.7. The van der Waals surface area contributed by atoms with Crippen LogP contribution in [0.5, 0.6) is 0 Å². The summed E-state index contributed by atoms with van der Waals surface area (Å²) in [5.41, 5.74) is 0.978. The molecule has 0 radical (unpaired) electrons. The summed E-state index contributed by atoms with van der Waals surface area (Å²) in [6.07, 6.45) is -1.38. The zero-order chi connectivity index (χ0) is 21.0. The second kappa shape index (κ2) is 9.69. The number of carbonyl (C=O) groups is 3. The molecular formula is C19H24ClN3O5S. The van der Waals surface area contributed by atoms with Gasteiger partial charge < -0.3 is 25.0 Å². The van der Waals surface area contributed by atoms with Crippen molar-refractivity contribution in [2.45, 2.75) is 30.9 Å². The molecule has 2 saturated heterocycles. The van der Waals surface area contributed by atoms with Crippen molar-refractivity contribution in [1.82, 2.24) is 10.2 Å². The van der Waals surface area contributed by atoms with E-state index in [0.717, 1.165) is 5.69 Å². The van der Waals surface area contributed by atoms with Crippen LogP contribution in [-0.4, -0.2) is 77.3 Å². The van der Waals surface area contributed by atoms with E-state index in [1.165, 1.54) is 11.8 Å². The number of aliphatic carboxylic acids is 1.